The van der Waals surface area contributed by atoms with Gasteiger partial charge in [-0.15, -0.1) is 0 Å². The highest BCUT2D eigenvalue weighted by atomic mass is 16.5. The zero-order chi connectivity index (χ0) is 20.4. The summed E-state index contributed by atoms with van der Waals surface area (Å²) in [5.41, 5.74) is 5.05. The van der Waals surface area contributed by atoms with Gasteiger partial charge in [0, 0.05) is 29.6 Å². The number of nitrogens with zero attached hydrogens (tertiary/aromatic N) is 3. The van der Waals surface area contributed by atoms with E-state index in [9.17, 15) is 0 Å². The Bertz CT molecular complexity index is 757. The minimum Gasteiger partial charge on any atom is -0.379 e. The van der Waals surface area contributed by atoms with Crippen LogP contribution in [0.2, 0.25) is 0 Å². The lowest BCUT2D eigenvalue weighted by Crippen LogP contribution is -2.36. The van der Waals surface area contributed by atoms with Crippen molar-refractivity contribution in [2.45, 2.75) is 65.2 Å². The summed E-state index contributed by atoms with van der Waals surface area (Å²) in [6.07, 6.45) is 2.32. The van der Waals surface area contributed by atoms with Crippen LogP contribution < -0.4 is 0 Å². The zero-order valence-electron chi connectivity index (χ0n) is 18.6. The third-order valence-electron chi connectivity index (χ3n) is 5.47. The summed E-state index contributed by atoms with van der Waals surface area (Å²) < 4.78 is 7.56. The first-order valence-electron chi connectivity index (χ1n) is 10.6. The van der Waals surface area contributed by atoms with E-state index in [2.05, 4.69) is 81.5 Å². The summed E-state index contributed by atoms with van der Waals surface area (Å²) in [4.78, 5) is 2.51. The number of benzene rings is 1. The molecule has 1 aliphatic heterocycles. The summed E-state index contributed by atoms with van der Waals surface area (Å²) in [5, 5.41) is 4.97. The Labute approximate surface area is 170 Å². The Morgan fingerprint density at radius 1 is 0.929 bits per heavy atom. The molecule has 2 aromatic rings. The summed E-state index contributed by atoms with van der Waals surface area (Å²) >= 11 is 0. The minimum absolute atomic E-state index is 0.0463. The third kappa shape index (κ3) is 5.24. The molecule has 0 saturated carbocycles. The van der Waals surface area contributed by atoms with Crippen LogP contribution in [0.3, 0.4) is 0 Å². The fraction of sp³-hybridized carbons (Fsp3) is 0.625. The van der Waals surface area contributed by atoms with Gasteiger partial charge < -0.3 is 4.74 Å². The first kappa shape index (κ1) is 21.1. The van der Waals surface area contributed by atoms with Crippen LogP contribution in [-0.4, -0.2) is 47.5 Å². The van der Waals surface area contributed by atoms with Gasteiger partial charge in [-0.1, -0.05) is 53.7 Å². The van der Waals surface area contributed by atoms with Crippen molar-refractivity contribution in [2.75, 3.05) is 32.8 Å². The van der Waals surface area contributed by atoms with Gasteiger partial charge in [-0.2, -0.15) is 5.10 Å². The topological polar surface area (TPSA) is 30.3 Å². The number of ether oxygens (including phenoxy) is 1. The molecule has 0 unspecified atom stereocenters. The molecule has 0 amide bonds. The molecule has 0 radical (unpaired) electrons. The molecule has 0 atom stereocenters. The first-order chi connectivity index (χ1) is 13.1. The van der Waals surface area contributed by atoms with E-state index in [4.69, 9.17) is 9.84 Å². The quantitative estimate of drug-likeness (QED) is 0.747. The lowest BCUT2D eigenvalue weighted by atomic mass is 9.88. The maximum Gasteiger partial charge on any atom is 0.0685 e. The Hall–Kier alpha value is -1.65. The number of aryl methyl sites for hydroxylation is 1. The summed E-state index contributed by atoms with van der Waals surface area (Å²) in [6, 6.07) is 11.2. The molecular weight excluding hydrogens is 346 g/mol. The standard InChI is InChI=1S/C24H37N3O/c1-23(2,3)21-18-22(24(4,5)6)27(25-21)20-11-9-19(10-12-20)8-7-13-26-14-16-28-17-15-26/h9-12,18H,7-8,13-17H2,1-6H3. The van der Waals surface area contributed by atoms with Gasteiger partial charge in [-0.05, 0) is 43.1 Å². The molecule has 1 aliphatic rings. The van der Waals surface area contributed by atoms with Crippen LogP contribution in [0, 0.1) is 0 Å². The third-order valence-corrected chi connectivity index (χ3v) is 5.47. The molecular formula is C24H37N3O. The van der Waals surface area contributed by atoms with Crippen molar-refractivity contribution in [3.63, 3.8) is 0 Å². The second-order valence-electron chi connectivity index (χ2n) is 10.1. The average Bonchev–Trinajstić information content (AvgIpc) is 3.09. The van der Waals surface area contributed by atoms with Crippen LogP contribution in [0.1, 0.15) is 64.9 Å². The second kappa shape index (κ2) is 8.38. The number of rotatable bonds is 5. The maximum absolute atomic E-state index is 5.43. The molecule has 0 spiro atoms. The molecule has 1 aromatic heterocycles. The van der Waals surface area contributed by atoms with Gasteiger partial charge in [-0.3, -0.25) is 4.90 Å². The Morgan fingerprint density at radius 3 is 2.14 bits per heavy atom. The second-order valence-corrected chi connectivity index (χ2v) is 10.1. The predicted octanol–water partition coefficient (Wildman–Crippen LogP) is 4.73. The van der Waals surface area contributed by atoms with Crippen LogP contribution in [-0.2, 0) is 22.0 Å². The Balaban J connectivity index is 1.71. The zero-order valence-corrected chi connectivity index (χ0v) is 18.6. The number of aromatic nitrogens is 2. The van der Waals surface area contributed by atoms with E-state index in [1.807, 2.05) is 0 Å². The van der Waals surface area contributed by atoms with Crippen molar-refractivity contribution >= 4 is 0 Å². The molecule has 0 bridgehead atoms. The first-order valence-corrected chi connectivity index (χ1v) is 10.6. The normalized spacial score (nSPS) is 16.5. The van der Waals surface area contributed by atoms with Crippen molar-refractivity contribution in [3.05, 3.63) is 47.3 Å². The molecule has 1 saturated heterocycles. The smallest absolute Gasteiger partial charge is 0.0685 e. The van der Waals surface area contributed by atoms with Crippen LogP contribution >= 0.6 is 0 Å². The van der Waals surface area contributed by atoms with Crippen LogP contribution in [0.25, 0.3) is 5.69 Å². The van der Waals surface area contributed by atoms with E-state index >= 15 is 0 Å². The molecule has 3 rings (SSSR count). The fourth-order valence-corrected chi connectivity index (χ4v) is 3.61. The highest BCUT2D eigenvalue weighted by Gasteiger charge is 2.26. The van der Waals surface area contributed by atoms with Crippen molar-refractivity contribution in [2.24, 2.45) is 0 Å². The molecule has 0 aliphatic carbocycles. The van der Waals surface area contributed by atoms with E-state index in [1.165, 1.54) is 17.7 Å². The van der Waals surface area contributed by atoms with E-state index in [-0.39, 0.29) is 10.8 Å². The lowest BCUT2D eigenvalue weighted by molar-refractivity contribution is 0.0375. The van der Waals surface area contributed by atoms with Gasteiger partial charge in [-0.25, -0.2) is 4.68 Å². The van der Waals surface area contributed by atoms with E-state index in [0.717, 1.165) is 50.7 Å². The van der Waals surface area contributed by atoms with Gasteiger partial charge in [0.1, 0.15) is 0 Å². The molecule has 154 valence electrons. The molecule has 4 nitrogen and oxygen atoms in total. The fourth-order valence-electron chi connectivity index (χ4n) is 3.61. The SMILES string of the molecule is CC(C)(C)c1cc(C(C)(C)C)n(-c2ccc(CCCN3CCOCC3)cc2)n1. The summed E-state index contributed by atoms with van der Waals surface area (Å²) in [5.74, 6) is 0. The highest BCUT2D eigenvalue weighted by Crippen LogP contribution is 2.30. The molecule has 4 heteroatoms. The Morgan fingerprint density at radius 2 is 1.57 bits per heavy atom. The molecule has 0 N–H and O–H groups in total. The number of morpholine rings is 1. The van der Waals surface area contributed by atoms with Crippen molar-refractivity contribution in [1.29, 1.82) is 0 Å². The largest absolute Gasteiger partial charge is 0.379 e. The van der Waals surface area contributed by atoms with Gasteiger partial charge >= 0.3 is 0 Å². The van der Waals surface area contributed by atoms with Crippen LogP contribution in [0.4, 0.5) is 0 Å². The van der Waals surface area contributed by atoms with Crippen molar-refractivity contribution in [1.82, 2.24) is 14.7 Å². The van der Waals surface area contributed by atoms with E-state index in [0.29, 0.717) is 0 Å². The molecule has 1 fully saturated rings. The average molecular weight is 384 g/mol. The van der Waals surface area contributed by atoms with Crippen LogP contribution in [0.5, 0.6) is 0 Å². The van der Waals surface area contributed by atoms with Crippen molar-refractivity contribution in [3.8, 4) is 5.69 Å². The maximum atomic E-state index is 5.43. The monoisotopic (exact) mass is 383 g/mol. The van der Waals surface area contributed by atoms with Gasteiger partial charge in [0.25, 0.3) is 0 Å². The lowest BCUT2D eigenvalue weighted by Gasteiger charge is -2.26. The molecule has 28 heavy (non-hydrogen) atoms. The highest BCUT2D eigenvalue weighted by molar-refractivity contribution is 5.38. The van der Waals surface area contributed by atoms with Crippen molar-refractivity contribution < 1.29 is 4.74 Å². The number of hydrogen-bond acceptors (Lipinski definition) is 3. The molecule has 2 heterocycles. The molecule has 1 aromatic carbocycles. The Kier molecular flexibility index (Phi) is 6.31. The van der Waals surface area contributed by atoms with Crippen LogP contribution in [0.15, 0.2) is 30.3 Å². The summed E-state index contributed by atoms with van der Waals surface area (Å²) in [7, 11) is 0. The minimum atomic E-state index is 0.0463. The van der Waals surface area contributed by atoms with E-state index < -0.39 is 0 Å². The summed E-state index contributed by atoms with van der Waals surface area (Å²) in [6.45, 7) is 18.5. The van der Waals surface area contributed by atoms with E-state index in [1.54, 1.807) is 0 Å². The van der Waals surface area contributed by atoms with Gasteiger partial charge in [0.15, 0.2) is 0 Å². The number of hydrogen-bond donors (Lipinski definition) is 0. The van der Waals surface area contributed by atoms with Gasteiger partial charge in [0.2, 0.25) is 0 Å². The predicted molar refractivity (Wildman–Crippen MR) is 117 cm³/mol. The van der Waals surface area contributed by atoms with Gasteiger partial charge in [0.05, 0.1) is 24.6 Å².